The van der Waals surface area contributed by atoms with Gasteiger partial charge in [-0.2, -0.15) is 0 Å². The molecule has 0 aliphatic heterocycles. The first-order chi connectivity index (χ1) is 5.00. The van der Waals surface area contributed by atoms with Crippen molar-refractivity contribution in [1.29, 1.82) is 0 Å². The Morgan fingerprint density at radius 1 is 1.18 bits per heavy atom. The van der Waals surface area contributed by atoms with Crippen molar-refractivity contribution >= 4 is 17.7 Å². The third-order valence-corrected chi connectivity index (χ3v) is 5.98. The van der Waals surface area contributed by atoms with Crippen LogP contribution in [0, 0.1) is 5.82 Å². The number of halogens is 1. The molecule has 2 heteroatoms. The van der Waals surface area contributed by atoms with Gasteiger partial charge in [-0.05, 0) is 0 Å². The fraction of sp³-hybridized carbons (Fsp3) is 0.333. The Morgan fingerprint density at radius 2 is 1.82 bits per heavy atom. The molecule has 1 rings (SSSR count). The first-order valence-corrected chi connectivity index (χ1v) is 11.1. The van der Waals surface area contributed by atoms with E-state index >= 15 is 0 Å². The van der Waals surface area contributed by atoms with E-state index < -0.39 is 13.3 Å². The molecule has 0 saturated carbocycles. The quantitative estimate of drug-likeness (QED) is 0.628. The summed E-state index contributed by atoms with van der Waals surface area (Å²) in [6.45, 7) is 0. The second-order valence-corrected chi connectivity index (χ2v) is 14.4. The van der Waals surface area contributed by atoms with Crippen LogP contribution in [0.4, 0.5) is 4.39 Å². The summed E-state index contributed by atoms with van der Waals surface area (Å²) >= 11 is -1.78. The first-order valence-electron chi connectivity index (χ1n) is 3.76. The van der Waals surface area contributed by atoms with Crippen molar-refractivity contribution in [2.24, 2.45) is 0 Å². The van der Waals surface area contributed by atoms with Crippen LogP contribution in [0.3, 0.4) is 0 Å². The molecule has 0 N–H and O–H groups in total. The van der Waals surface area contributed by atoms with Crippen LogP contribution in [0.2, 0.25) is 17.3 Å². The topological polar surface area (TPSA) is 0 Å². The van der Waals surface area contributed by atoms with Crippen molar-refractivity contribution in [2.75, 3.05) is 0 Å². The van der Waals surface area contributed by atoms with Crippen molar-refractivity contribution in [1.82, 2.24) is 0 Å². The minimum atomic E-state index is -1.78. The predicted molar refractivity (Wildman–Crippen MR) is 49.4 cm³/mol. The van der Waals surface area contributed by atoms with Gasteiger partial charge in [0.25, 0.3) is 0 Å². The maximum absolute atomic E-state index is 12.7. The molecular weight excluding hydrogens is 200 g/mol. The Balaban J connectivity index is 3.06. The Morgan fingerprint density at radius 3 is 2.18 bits per heavy atom. The molecule has 0 heterocycles. The van der Waals surface area contributed by atoms with Gasteiger partial charge in [0.1, 0.15) is 0 Å². The molecule has 0 spiro atoms. The van der Waals surface area contributed by atoms with Gasteiger partial charge in [0, 0.05) is 0 Å². The summed E-state index contributed by atoms with van der Waals surface area (Å²) in [4.78, 5) is 0. The van der Waals surface area contributed by atoms with Crippen LogP contribution in [0.5, 0.6) is 0 Å². The molecule has 1 aromatic rings. The molecule has 0 saturated heterocycles. The Labute approximate surface area is 69.8 Å². The van der Waals surface area contributed by atoms with Crippen LogP contribution < -0.4 is 4.40 Å². The van der Waals surface area contributed by atoms with Crippen LogP contribution in [-0.4, -0.2) is 13.3 Å². The molecule has 0 atom stereocenters. The molecule has 0 amide bonds. The Bertz CT molecular complexity index is 250. The fourth-order valence-electron chi connectivity index (χ4n) is 0.955. The van der Waals surface area contributed by atoms with E-state index in [1.165, 1.54) is 10.5 Å². The van der Waals surface area contributed by atoms with Gasteiger partial charge in [0.05, 0.1) is 0 Å². The summed E-state index contributed by atoms with van der Waals surface area (Å²) in [5.74, 6) is 6.67. The van der Waals surface area contributed by atoms with Crippen LogP contribution >= 0.6 is 0 Å². The van der Waals surface area contributed by atoms with Gasteiger partial charge in [-0.25, -0.2) is 0 Å². The van der Waals surface area contributed by atoms with Gasteiger partial charge >= 0.3 is 69.4 Å². The zero-order chi connectivity index (χ0) is 8.48. The Hall–Kier alpha value is -0.307. The van der Waals surface area contributed by atoms with Gasteiger partial charge in [-0.1, -0.05) is 0 Å². The summed E-state index contributed by atoms with van der Waals surface area (Å²) in [5, 5.41) is 0. The van der Waals surface area contributed by atoms with Crippen LogP contribution in [0.1, 0.15) is 0 Å². The molecule has 0 aromatic heterocycles. The second kappa shape index (κ2) is 2.97. The minimum absolute atomic E-state index is 0.108. The van der Waals surface area contributed by atoms with Gasteiger partial charge < -0.3 is 0 Å². The van der Waals surface area contributed by atoms with E-state index in [9.17, 15) is 4.39 Å². The predicted octanol–water partition coefficient (Wildman–Crippen LogP) is 2.37. The molecule has 0 bridgehead atoms. The van der Waals surface area contributed by atoms with Crippen molar-refractivity contribution in [3.63, 3.8) is 0 Å². The van der Waals surface area contributed by atoms with E-state index in [1.807, 2.05) is 6.07 Å². The Kier molecular flexibility index (Phi) is 2.38. The van der Waals surface area contributed by atoms with Gasteiger partial charge in [0.2, 0.25) is 0 Å². The number of benzene rings is 1. The van der Waals surface area contributed by atoms with E-state index in [-0.39, 0.29) is 5.82 Å². The summed E-state index contributed by atoms with van der Waals surface area (Å²) in [5.41, 5.74) is 0. The summed E-state index contributed by atoms with van der Waals surface area (Å²) in [7, 11) is 0. The molecule has 60 valence electrons. The average molecular weight is 213 g/mol. The fourth-order valence-corrected chi connectivity index (χ4v) is 3.40. The molecule has 0 fully saturated rings. The zero-order valence-electron chi connectivity index (χ0n) is 7.19. The molecular formula is C9H13FGe. The standard InChI is InChI=1S/C9H13FGe/c1-11(2,3)9-6-4-5-8(10)7-9/h4-7H,1-3H3. The summed E-state index contributed by atoms with van der Waals surface area (Å²) in [6, 6.07) is 6.99. The molecule has 0 aliphatic carbocycles. The van der Waals surface area contributed by atoms with Gasteiger partial charge in [-0.3, -0.25) is 0 Å². The average Bonchev–Trinajstić information content (AvgIpc) is 1.86. The van der Waals surface area contributed by atoms with Gasteiger partial charge in [0.15, 0.2) is 0 Å². The number of rotatable bonds is 1. The van der Waals surface area contributed by atoms with E-state index in [4.69, 9.17) is 0 Å². The third kappa shape index (κ3) is 2.33. The van der Waals surface area contributed by atoms with E-state index in [1.54, 1.807) is 12.1 Å². The van der Waals surface area contributed by atoms with E-state index in [0.717, 1.165) is 0 Å². The second-order valence-electron chi connectivity index (χ2n) is 3.76. The normalized spacial score (nSPS) is 11.6. The molecule has 0 aliphatic rings. The third-order valence-electron chi connectivity index (χ3n) is 1.69. The van der Waals surface area contributed by atoms with Crippen molar-refractivity contribution in [3.8, 4) is 0 Å². The summed E-state index contributed by atoms with van der Waals surface area (Å²) < 4.78 is 14.0. The van der Waals surface area contributed by atoms with E-state index in [2.05, 4.69) is 17.3 Å². The number of hydrogen-bond acceptors (Lipinski definition) is 0. The van der Waals surface area contributed by atoms with Crippen LogP contribution in [0.25, 0.3) is 0 Å². The SMILES string of the molecule is [CH3][Ge]([CH3])([CH3])[c]1cccc(F)c1. The number of hydrogen-bond donors (Lipinski definition) is 0. The maximum atomic E-state index is 12.7. The van der Waals surface area contributed by atoms with Crippen molar-refractivity contribution in [3.05, 3.63) is 30.1 Å². The molecule has 0 nitrogen and oxygen atoms in total. The summed E-state index contributed by atoms with van der Waals surface area (Å²) in [6.07, 6.45) is 0. The molecule has 11 heavy (non-hydrogen) atoms. The molecule has 0 unspecified atom stereocenters. The van der Waals surface area contributed by atoms with Crippen LogP contribution in [-0.2, 0) is 0 Å². The molecule has 0 radical (unpaired) electrons. The van der Waals surface area contributed by atoms with Crippen LogP contribution in [0.15, 0.2) is 24.3 Å². The zero-order valence-corrected chi connectivity index (χ0v) is 9.29. The van der Waals surface area contributed by atoms with Crippen molar-refractivity contribution in [2.45, 2.75) is 17.3 Å². The van der Waals surface area contributed by atoms with Gasteiger partial charge in [-0.15, -0.1) is 0 Å². The van der Waals surface area contributed by atoms with Crippen molar-refractivity contribution < 1.29 is 4.39 Å². The molecule has 1 aromatic carbocycles. The monoisotopic (exact) mass is 214 g/mol. The first kappa shape index (κ1) is 8.79. The van der Waals surface area contributed by atoms with E-state index in [0.29, 0.717) is 0 Å².